The minimum Gasteiger partial charge on any atom is -0.481 e. The number of amides is 5. The summed E-state index contributed by atoms with van der Waals surface area (Å²) in [5.74, 6) is -3.37. The molecule has 0 spiro atoms. The Morgan fingerprint density at radius 2 is 1.54 bits per heavy atom. The molecule has 2 saturated heterocycles. The van der Waals surface area contributed by atoms with Gasteiger partial charge in [-0.3, -0.25) is 33.7 Å². The first-order valence-electron chi connectivity index (χ1n) is 22.9. The Morgan fingerprint density at radius 1 is 0.889 bits per heavy atom. The first-order chi connectivity index (χ1) is 29.9. The molecular formula is C47H78N6O10. The third-order valence-corrected chi connectivity index (χ3v) is 13.0. The fourth-order valence-corrected chi connectivity index (χ4v) is 9.27. The highest BCUT2D eigenvalue weighted by atomic mass is 16.5. The van der Waals surface area contributed by atoms with Crippen LogP contribution in [-0.4, -0.2) is 170 Å². The van der Waals surface area contributed by atoms with Gasteiger partial charge in [-0.25, -0.2) is 0 Å². The summed E-state index contributed by atoms with van der Waals surface area (Å²) in [5.41, 5.74) is 0.919. The van der Waals surface area contributed by atoms with Crippen LogP contribution in [0, 0.1) is 23.7 Å². The van der Waals surface area contributed by atoms with Crippen molar-refractivity contribution >= 4 is 35.5 Å². The standard InChI is InChI=1S/C47H78N6O10/c1-12-32(6)42(51(9)47(60)40(30(2)3)49-45(58)41(31(4)5)50(8)22-17-21-39(55)56)37(61-10)29-38(54)53-23-16-20-36(53)43(62-11)33(7)44(57)48-35(28-34-18-14-13-15-19-34)46(59)52-24-26-63-27-25-52/h13-15,18-19,30-33,35-37,40-43H,12,16-17,20-29H2,1-11H3,(H,48,57)(H,49,58)(H,55,56)/t32-,33+,35-,36-,37+,40-,41-,42?,43+/m0/s1. The Hall–Kier alpha value is -4.12. The van der Waals surface area contributed by atoms with Gasteiger partial charge in [0.2, 0.25) is 29.5 Å². The van der Waals surface area contributed by atoms with Crippen molar-refractivity contribution in [3.8, 4) is 0 Å². The number of nitrogens with zero attached hydrogens (tertiary/aromatic N) is 4. The van der Waals surface area contributed by atoms with E-state index in [0.717, 1.165) is 5.56 Å². The number of aliphatic carboxylic acids is 1. The number of methoxy groups -OCH3 is 2. The molecule has 63 heavy (non-hydrogen) atoms. The molecule has 2 heterocycles. The number of carboxylic acid groups (broad SMARTS) is 1. The zero-order valence-corrected chi connectivity index (χ0v) is 39.8. The number of benzene rings is 1. The Kier molecular flexibility index (Phi) is 22.0. The van der Waals surface area contributed by atoms with E-state index in [1.165, 1.54) is 14.2 Å². The maximum Gasteiger partial charge on any atom is 0.303 e. The number of hydrogen-bond donors (Lipinski definition) is 3. The molecule has 9 atom stereocenters. The Morgan fingerprint density at radius 3 is 2.10 bits per heavy atom. The van der Waals surface area contributed by atoms with Gasteiger partial charge >= 0.3 is 5.97 Å². The van der Waals surface area contributed by atoms with Crippen LogP contribution in [0.25, 0.3) is 0 Å². The number of ether oxygens (including phenoxy) is 3. The number of carbonyl (C=O) groups is 6. The van der Waals surface area contributed by atoms with Crippen LogP contribution in [0.3, 0.4) is 0 Å². The highest BCUT2D eigenvalue weighted by Gasteiger charge is 2.44. The van der Waals surface area contributed by atoms with Crippen LogP contribution in [0.1, 0.15) is 92.6 Å². The van der Waals surface area contributed by atoms with E-state index < -0.39 is 54.3 Å². The maximum atomic E-state index is 14.5. The normalized spacial score (nSPS) is 19.5. The zero-order valence-electron chi connectivity index (χ0n) is 39.8. The predicted octanol–water partition coefficient (Wildman–Crippen LogP) is 3.46. The lowest BCUT2D eigenvalue weighted by Crippen LogP contribution is -2.60. The summed E-state index contributed by atoms with van der Waals surface area (Å²) in [6.07, 6.45) is 1.34. The molecule has 3 N–H and O–H groups in total. The number of carbonyl (C=O) groups excluding carboxylic acids is 5. The molecule has 0 saturated carbocycles. The van der Waals surface area contributed by atoms with Crippen molar-refractivity contribution in [3.63, 3.8) is 0 Å². The SMILES string of the molecule is CC[C@H](C)C([C@@H](CC(=O)N1CCC[C@H]1[C@H](OC)[C@@H](C)C(=O)N[C@@H](Cc1ccccc1)C(=O)N1CCOCC1)OC)N(C)C(=O)[C@@H](NC(=O)[C@H](C(C)C)N(C)CCCC(=O)O)C(C)C. The maximum absolute atomic E-state index is 14.5. The van der Waals surface area contributed by atoms with Crippen molar-refractivity contribution < 1.29 is 48.1 Å². The molecule has 2 aliphatic rings. The van der Waals surface area contributed by atoms with Crippen LogP contribution in [0.2, 0.25) is 0 Å². The molecule has 3 rings (SSSR count). The average Bonchev–Trinajstić information content (AvgIpc) is 3.74. The van der Waals surface area contributed by atoms with Gasteiger partial charge in [0.05, 0.1) is 55.9 Å². The zero-order chi connectivity index (χ0) is 47.0. The van der Waals surface area contributed by atoms with E-state index in [4.69, 9.17) is 19.3 Å². The second-order valence-corrected chi connectivity index (χ2v) is 18.2. The Bertz CT molecular complexity index is 1620. The average molecular weight is 887 g/mol. The second-order valence-electron chi connectivity index (χ2n) is 18.2. The molecule has 16 nitrogen and oxygen atoms in total. The molecular weight excluding hydrogens is 809 g/mol. The van der Waals surface area contributed by atoms with Gasteiger partial charge in [0.15, 0.2) is 0 Å². The molecule has 0 bridgehead atoms. The lowest BCUT2D eigenvalue weighted by atomic mass is 9.89. The van der Waals surface area contributed by atoms with Crippen LogP contribution in [-0.2, 0) is 49.4 Å². The molecule has 2 fully saturated rings. The molecule has 0 aliphatic carbocycles. The van der Waals surface area contributed by atoms with E-state index in [1.54, 1.807) is 35.7 Å². The Balaban J connectivity index is 1.79. The van der Waals surface area contributed by atoms with Crippen molar-refractivity contribution in [1.29, 1.82) is 0 Å². The summed E-state index contributed by atoms with van der Waals surface area (Å²) in [7, 11) is 6.57. The van der Waals surface area contributed by atoms with Crippen molar-refractivity contribution in [3.05, 3.63) is 35.9 Å². The first-order valence-corrected chi connectivity index (χ1v) is 22.9. The quantitative estimate of drug-likeness (QED) is 0.131. The van der Waals surface area contributed by atoms with E-state index in [-0.39, 0.29) is 60.1 Å². The van der Waals surface area contributed by atoms with E-state index in [2.05, 4.69) is 10.6 Å². The van der Waals surface area contributed by atoms with Crippen LogP contribution >= 0.6 is 0 Å². The van der Waals surface area contributed by atoms with Crippen molar-refractivity contribution in [2.24, 2.45) is 23.7 Å². The molecule has 5 amide bonds. The van der Waals surface area contributed by atoms with E-state index >= 15 is 0 Å². The number of nitrogens with one attached hydrogen (secondary N) is 2. The van der Waals surface area contributed by atoms with Crippen LogP contribution in [0.5, 0.6) is 0 Å². The summed E-state index contributed by atoms with van der Waals surface area (Å²) >= 11 is 0. The lowest BCUT2D eigenvalue weighted by Gasteiger charge is -2.41. The monoisotopic (exact) mass is 887 g/mol. The second kappa shape index (κ2) is 26.0. The molecule has 2 aliphatic heterocycles. The fraction of sp³-hybridized carbons (Fsp3) is 0.745. The van der Waals surface area contributed by atoms with E-state index in [0.29, 0.717) is 71.5 Å². The molecule has 1 unspecified atom stereocenters. The van der Waals surface area contributed by atoms with Crippen LogP contribution in [0.4, 0.5) is 0 Å². The van der Waals surface area contributed by atoms with E-state index in [1.807, 2.05) is 76.8 Å². The van der Waals surface area contributed by atoms with Crippen molar-refractivity contribution in [2.75, 3.05) is 67.7 Å². The third-order valence-electron chi connectivity index (χ3n) is 13.0. The lowest BCUT2D eigenvalue weighted by molar-refractivity contribution is -0.148. The van der Waals surface area contributed by atoms with Gasteiger partial charge in [0.25, 0.3) is 0 Å². The fourth-order valence-electron chi connectivity index (χ4n) is 9.27. The van der Waals surface area contributed by atoms with Crippen LogP contribution < -0.4 is 10.6 Å². The van der Waals surface area contributed by atoms with Gasteiger partial charge in [-0.15, -0.1) is 0 Å². The van der Waals surface area contributed by atoms with Gasteiger partial charge in [-0.1, -0.05) is 85.2 Å². The summed E-state index contributed by atoms with van der Waals surface area (Å²) < 4.78 is 17.6. The number of morpholine rings is 1. The summed E-state index contributed by atoms with van der Waals surface area (Å²) in [6, 6.07) is 6.38. The first kappa shape index (κ1) is 53.2. The molecule has 0 radical (unpaired) electrons. The van der Waals surface area contributed by atoms with Gasteiger partial charge in [0, 0.05) is 53.7 Å². The number of hydrogen-bond acceptors (Lipinski definition) is 10. The van der Waals surface area contributed by atoms with Gasteiger partial charge < -0.3 is 44.7 Å². The summed E-state index contributed by atoms with van der Waals surface area (Å²) in [6.45, 7) is 16.0. The molecule has 0 aromatic heterocycles. The highest BCUT2D eigenvalue weighted by Crippen LogP contribution is 2.30. The molecule has 1 aromatic rings. The molecule has 356 valence electrons. The van der Waals surface area contributed by atoms with Crippen molar-refractivity contribution in [1.82, 2.24) is 30.2 Å². The topological polar surface area (TPSA) is 187 Å². The largest absolute Gasteiger partial charge is 0.481 e. The Labute approximate surface area is 376 Å². The van der Waals surface area contributed by atoms with Gasteiger partial charge in [-0.2, -0.15) is 0 Å². The molecule has 16 heteroatoms. The predicted molar refractivity (Wildman–Crippen MR) is 240 cm³/mol. The number of carboxylic acids is 1. The highest BCUT2D eigenvalue weighted by molar-refractivity contribution is 5.91. The summed E-state index contributed by atoms with van der Waals surface area (Å²) in [4.78, 5) is 88.7. The van der Waals surface area contributed by atoms with Crippen LogP contribution in [0.15, 0.2) is 30.3 Å². The number of likely N-dealkylation sites (N-methyl/N-ethyl adjacent to an activating group) is 2. The smallest absolute Gasteiger partial charge is 0.303 e. The minimum atomic E-state index is -0.897. The van der Waals surface area contributed by atoms with Gasteiger partial charge in [0.1, 0.15) is 12.1 Å². The van der Waals surface area contributed by atoms with Crippen molar-refractivity contribution in [2.45, 2.75) is 136 Å². The van der Waals surface area contributed by atoms with E-state index in [9.17, 15) is 28.8 Å². The summed E-state index contributed by atoms with van der Waals surface area (Å²) in [5, 5.41) is 15.2. The molecule has 1 aromatic carbocycles. The number of likely N-dealkylation sites (tertiary alicyclic amines) is 1. The van der Waals surface area contributed by atoms with Gasteiger partial charge in [-0.05, 0) is 56.2 Å². The third kappa shape index (κ3) is 15.0. The number of rotatable bonds is 25. The minimum absolute atomic E-state index is 0.00824.